The summed E-state index contributed by atoms with van der Waals surface area (Å²) in [5.74, 6) is -0.807. The van der Waals surface area contributed by atoms with E-state index in [1.54, 1.807) is 0 Å². The molecule has 1 aliphatic rings. The minimum atomic E-state index is -1.17. The molecule has 1 fully saturated rings. The number of cyclic esters (lactones) is 1. The number of carbonyl (C=O) groups is 2. The summed E-state index contributed by atoms with van der Waals surface area (Å²) < 4.78 is 6.10. The Hall–Kier alpha value is -3.22. The fourth-order valence-electron chi connectivity index (χ4n) is 5.01. The first-order valence-electron chi connectivity index (χ1n) is 11.4. The van der Waals surface area contributed by atoms with Crippen molar-refractivity contribution < 1.29 is 19.2 Å². The van der Waals surface area contributed by atoms with Crippen molar-refractivity contribution in [3.8, 4) is 0 Å². The SMILES string of the molecule is CC(C)C[C@H](CC(=O)N1C(=O)OC(c2ccccc2)(c2ccccc2)[C@@H]1C(C)C)C[N+](=O)[O-]. The van der Waals surface area contributed by atoms with Crippen LogP contribution in [0.1, 0.15) is 51.7 Å². The Labute approximate surface area is 194 Å². The van der Waals surface area contributed by atoms with Crippen molar-refractivity contribution in [2.45, 2.75) is 52.2 Å². The Bertz CT molecular complexity index is 935. The van der Waals surface area contributed by atoms with Gasteiger partial charge in [-0.1, -0.05) is 88.4 Å². The highest BCUT2D eigenvalue weighted by Crippen LogP contribution is 2.47. The number of ether oxygens (including phenoxy) is 1. The van der Waals surface area contributed by atoms with E-state index in [0.29, 0.717) is 6.42 Å². The number of nitro groups is 1. The van der Waals surface area contributed by atoms with E-state index >= 15 is 0 Å². The smallest absolute Gasteiger partial charge is 0.418 e. The Morgan fingerprint density at radius 3 is 1.97 bits per heavy atom. The average molecular weight is 453 g/mol. The van der Waals surface area contributed by atoms with E-state index in [2.05, 4.69) is 0 Å². The summed E-state index contributed by atoms with van der Waals surface area (Å²) in [7, 11) is 0. The van der Waals surface area contributed by atoms with Gasteiger partial charge in [0.2, 0.25) is 12.5 Å². The van der Waals surface area contributed by atoms with Gasteiger partial charge < -0.3 is 4.74 Å². The van der Waals surface area contributed by atoms with Gasteiger partial charge in [-0.3, -0.25) is 14.9 Å². The topological polar surface area (TPSA) is 89.8 Å². The molecule has 2 aromatic carbocycles. The molecule has 0 aromatic heterocycles. The van der Waals surface area contributed by atoms with Gasteiger partial charge in [0.05, 0.1) is 6.04 Å². The van der Waals surface area contributed by atoms with Crippen molar-refractivity contribution >= 4 is 12.0 Å². The third kappa shape index (κ3) is 5.07. The molecule has 2 atom stereocenters. The summed E-state index contributed by atoms with van der Waals surface area (Å²) in [4.78, 5) is 38.8. The van der Waals surface area contributed by atoms with E-state index in [1.807, 2.05) is 88.4 Å². The second kappa shape index (κ2) is 10.1. The summed E-state index contributed by atoms with van der Waals surface area (Å²) in [6.07, 6.45) is -0.252. The first kappa shape index (κ1) is 24.4. The lowest BCUT2D eigenvalue weighted by molar-refractivity contribution is -0.488. The molecule has 0 unspecified atom stereocenters. The average Bonchev–Trinajstić information content (AvgIpc) is 3.08. The fourth-order valence-corrected chi connectivity index (χ4v) is 5.01. The van der Waals surface area contributed by atoms with E-state index < -0.39 is 29.6 Å². The molecule has 0 aliphatic carbocycles. The van der Waals surface area contributed by atoms with Gasteiger partial charge in [0.25, 0.3) is 0 Å². The van der Waals surface area contributed by atoms with Crippen molar-refractivity contribution in [2.75, 3.05) is 6.54 Å². The minimum absolute atomic E-state index is 0.0723. The fraction of sp³-hybridized carbons (Fsp3) is 0.462. The number of amides is 2. The van der Waals surface area contributed by atoms with Gasteiger partial charge in [0.15, 0.2) is 5.60 Å². The first-order valence-corrected chi connectivity index (χ1v) is 11.4. The van der Waals surface area contributed by atoms with Gasteiger partial charge >= 0.3 is 6.09 Å². The van der Waals surface area contributed by atoms with Crippen LogP contribution in [0, 0.1) is 27.9 Å². The molecule has 0 radical (unpaired) electrons. The molecule has 0 bridgehead atoms. The van der Waals surface area contributed by atoms with Crippen molar-refractivity contribution in [3.05, 3.63) is 81.9 Å². The monoisotopic (exact) mass is 452 g/mol. The van der Waals surface area contributed by atoms with Crippen LogP contribution in [0.5, 0.6) is 0 Å². The summed E-state index contributed by atoms with van der Waals surface area (Å²) in [5.41, 5.74) is 0.394. The zero-order valence-electron chi connectivity index (χ0n) is 19.6. The normalized spacial score (nSPS) is 18.4. The maximum atomic E-state index is 13.5. The van der Waals surface area contributed by atoms with Crippen LogP contribution in [-0.4, -0.2) is 34.4 Å². The Balaban J connectivity index is 2.06. The predicted octanol–water partition coefficient (Wildman–Crippen LogP) is 5.26. The number of rotatable bonds is 9. The highest BCUT2D eigenvalue weighted by molar-refractivity contribution is 5.95. The van der Waals surface area contributed by atoms with Crippen LogP contribution in [0.2, 0.25) is 0 Å². The molecule has 0 saturated carbocycles. The van der Waals surface area contributed by atoms with E-state index in [1.165, 1.54) is 4.90 Å². The highest BCUT2D eigenvalue weighted by Gasteiger charge is 2.59. The molecule has 7 heteroatoms. The number of nitrogens with zero attached hydrogens (tertiary/aromatic N) is 2. The van der Waals surface area contributed by atoms with Crippen LogP contribution in [0.15, 0.2) is 60.7 Å². The number of imide groups is 1. The number of benzene rings is 2. The van der Waals surface area contributed by atoms with Crippen LogP contribution >= 0.6 is 0 Å². The van der Waals surface area contributed by atoms with E-state index in [0.717, 1.165) is 11.1 Å². The van der Waals surface area contributed by atoms with Crippen LogP contribution in [0.4, 0.5) is 4.79 Å². The number of hydrogen-bond donors (Lipinski definition) is 0. The van der Waals surface area contributed by atoms with Gasteiger partial charge in [-0.2, -0.15) is 0 Å². The van der Waals surface area contributed by atoms with Gasteiger partial charge in [-0.25, -0.2) is 9.69 Å². The molecule has 0 N–H and O–H groups in total. The Kier molecular flexibility index (Phi) is 7.51. The zero-order chi connectivity index (χ0) is 24.2. The lowest BCUT2D eigenvalue weighted by Crippen LogP contribution is -2.50. The molecule has 1 saturated heterocycles. The van der Waals surface area contributed by atoms with E-state index in [-0.39, 0.29) is 29.7 Å². The third-order valence-corrected chi connectivity index (χ3v) is 6.12. The summed E-state index contributed by atoms with van der Waals surface area (Å²) in [6.45, 7) is 7.54. The van der Waals surface area contributed by atoms with E-state index in [9.17, 15) is 19.7 Å². The minimum Gasteiger partial charge on any atom is -0.430 e. The molecule has 3 rings (SSSR count). The molecule has 176 valence electrons. The molecule has 7 nitrogen and oxygen atoms in total. The molecular formula is C26H32N2O5. The third-order valence-electron chi connectivity index (χ3n) is 6.12. The molecule has 2 aromatic rings. The van der Waals surface area contributed by atoms with Crippen molar-refractivity contribution in [3.63, 3.8) is 0 Å². The second-order valence-electron chi connectivity index (χ2n) is 9.50. The summed E-state index contributed by atoms with van der Waals surface area (Å²) in [5, 5.41) is 11.2. The quantitative estimate of drug-likeness (QED) is 0.382. The van der Waals surface area contributed by atoms with Gasteiger partial charge in [0.1, 0.15) is 0 Å². The zero-order valence-corrected chi connectivity index (χ0v) is 19.6. The summed E-state index contributed by atoms with van der Waals surface area (Å²) >= 11 is 0. The largest absolute Gasteiger partial charge is 0.430 e. The first-order chi connectivity index (χ1) is 15.7. The number of carbonyl (C=O) groups excluding carboxylic acids is 2. The second-order valence-corrected chi connectivity index (χ2v) is 9.50. The van der Waals surface area contributed by atoms with Crippen LogP contribution < -0.4 is 0 Å². The number of hydrogen-bond acceptors (Lipinski definition) is 5. The van der Waals surface area contributed by atoms with Gasteiger partial charge in [-0.05, 0) is 18.3 Å². The van der Waals surface area contributed by atoms with Gasteiger partial charge in [0, 0.05) is 28.4 Å². The predicted molar refractivity (Wildman–Crippen MR) is 125 cm³/mol. The Morgan fingerprint density at radius 1 is 1.03 bits per heavy atom. The standard InChI is InChI=1S/C26H32N2O5/c1-18(2)15-20(17-27(31)32)16-23(29)28-24(19(3)4)26(33-25(28)30,21-11-7-5-8-12-21)22-13-9-6-10-14-22/h5-14,18-20,24H,15-17H2,1-4H3/t20-,24+/m1/s1. The molecule has 33 heavy (non-hydrogen) atoms. The Morgan fingerprint density at radius 2 is 1.55 bits per heavy atom. The van der Waals surface area contributed by atoms with Crippen molar-refractivity contribution in [2.24, 2.45) is 17.8 Å². The maximum absolute atomic E-state index is 13.5. The lowest BCUT2D eigenvalue weighted by atomic mass is 9.75. The summed E-state index contributed by atoms with van der Waals surface area (Å²) in [6, 6.07) is 18.3. The van der Waals surface area contributed by atoms with Crippen LogP contribution in [0.3, 0.4) is 0 Å². The van der Waals surface area contributed by atoms with Crippen molar-refractivity contribution in [1.82, 2.24) is 4.90 Å². The van der Waals surface area contributed by atoms with Gasteiger partial charge in [-0.15, -0.1) is 0 Å². The van der Waals surface area contributed by atoms with Crippen LogP contribution in [0.25, 0.3) is 0 Å². The molecule has 1 heterocycles. The van der Waals surface area contributed by atoms with Crippen molar-refractivity contribution in [1.29, 1.82) is 0 Å². The highest BCUT2D eigenvalue weighted by atomic mass is 16.6. The van der Waals surface area contributed by atoms with E-state index in [4.69, 9.17) is 4.74 Å². The molecule has 1 aliphatic heterocycles. The maximum Gasteiger partial charge on any atom is 0.418 e. The molecule has 2 amide bonds. The van der Waals surface area contributed by atoms with Crippen LogP contribution in [-0.2, 0) is 15.1 Å². The molecular weight excluding hydrogens is 420 g/mol. The lowest BCUT2D eigenvalue weighted by Gasteiger charge is -2.37. The molecule has 0 spiro atoms.